The average molecular weight is 580 g/mol. The summed E-state index contributed by atoms with van der Waals surface area (Å²) in [6.07, 6.45) is 1.42. The summed E-state index contributed by atoms with van der Waals surface area (Å²) >= 11 is 0. The molecule has 41 heavy (non-hydrogen) atoms. The number of hydrogen-bond acceptors (Lipinski definition) is 6. The van der Waals surface area contributed by atoms with E-state index >= 15 is 0 Å². The summed E-state index contributed by atoms with van der Waals surface area (Å²) in [5.74, 6) is 0.357. The first-order valence-corrected chi connectivity index (χ1v) is 15.2. The molecule has 2 N–H and O–H groups in total. The molecule has 3 aromatic rings. The van der Waals surface area contributed by atoms with Gasteiger partial charge in [-0.25, -0.2) is 12.7 Å². The molecule has 0 spiro atoms. The minimum atomic E-state index is -3.49. The van der Waals surface area contributed by atoms with Gasteiger partial charge >= 0.3 is 0 Å². The number of aryl methyl sites for hydroxylation is 1. The maximum absolute atomic E-state index is 13.1. The third kappa shape index (κ3) is 7.65. The van der Waals surface area contributed by atoms with Crippen molar-refractivity contribution in [2.45, 2.75) is 31.9 Å². The lowest BCUT2D eigenvalue weighted by Crippen LogP contribution is -2.42. The molecule has 0 unspecified atom stereocenters. The zero-order chi connectivity index (χ0) is 29.4. The lowest BCUT2D eigenvalue weighted by atomic mass is 9.97. The number of para-hydroxylation sites is 1. The van der Waals surface area contributed by atoms with Gasteiger partial charge in [-0.1, -0.05) is 42.5 Å². The fourth-order valence-electron chi connectivity index (χ4n) is 4.93. The zero-order valence-corrected chi connectivity index (χ0v) is 24.5. The van der Waals surface area contributed by atoms with E-state index in [1.54, 1.807) is 38.5 Å². The van der Waals surface area contributed by atoms with Gasteiger partial charge in [0.25, 0.3) is 5.91 Å². The monoisotopic (exact) mass is 579 g/mol. The third-order valence-electron chi connectivity index (χ3n) is 7.39. The topological polar surface area (TPSA) is 114 Å². The summed E-state index contributed by atoms with van der Waals surface area (Å²) in [5, 5.41) is 5.82. The molecule has 0 bridgehead atoms. The van der Waals surface area contributed by atoms with Crippen LogP contribution >= 0.6 is 0 Å². The van der Waals surface area contributed by atoms with E-state index in [-0.39, 0.29) is 36.6 Å². The standard InChI is InChI=1S/C31H37N3O6S/c1-22-8-4-5-9-25(22)21-41(37,38)34-18-15-24(16-19-34)30(35)33-27-11-7-6-10-26(27)31(36)32-17-14-23-12-13-28(39-2)29(20-23)40-3/h4-13,20,24H,14-19,21H2,1-3H3,(H,32,36)(H,33,35). The summed E-state index contributed by atoms with van der Waals surface area (Å²) in [5.41, 5.74) is 3.50. The van der Waals surface area contributed by atoms with Crippen LogP contribution in [0.2, 0.25) is 0 Å². The largest absolute Gasteiger partial charge is 0.493 e. The van der Waals surface area contributed by atoms with Crippen LogP contribution in [0.1, 0.15) is 39.9 Å². The van der Waals surface area contributed by atoms with Crippen molar-refractivity contribution in [3.8, 4) is 11.5 Å². The quantitative estimate of drug-likeness (QED) is 0.353. The van der Waals surface area contributed by atoms with Gasteiger partial charge in [0.2, 0.25) is 15.9 Å². The highest BCUT2D eigenvalue weighted by Crippen LogP contribution is 2.28. The summed E-state index contributed by atoms with van der Waals surface area (Å²) < 4.78 is 38.1. The van der Waals surface area contributed by atoms with Gasteiger partial charge in [0, 0.05) is 25.6 Å². The molecular formula is C31H37N3O6S. The van der Waals surface area contributed by atoms with Crippen molar-refractivity contribution in [3.63, 3.8) is 0 Å². The van der Waals surface area contributed by atoms with E-state index in [2.05, 4.69) is 10.6 Å². The van der Waals surface area contributed by atoms with Crippen molar-refractivity contribution >= 4 is 27.5 Å². The lowest BCUT2D eigenvalue weighted by molar-refractivity contribution is -0.120. The molecule has 0 aliphatic carbocycles. The molecule has 1 fully saturated rings. The first-order chi connectivity index (χ1) is 19.7. The Balaban J connectivity index is 1.31. The van der Waals surface area contributed by atoms with E-state index in [9.17, 15) is 18.0 Å². The van der Waals surface area contributed by atoms with Crippen LogP contribution in [-0.4, -0.2) is 58.4 Å². The normalized spacial score (nSPS) is 14.3. The Morgan fingerprint density at radius 3 is 2.32 bits per heavy atom. The highest BCUT2D eigenvalue weighted by atomic mass is 32.2. The molecule has 9 nitrogen and oxygen atoms in total. The molecule has 0 saturated carbocycles. The number of piperidine rings is 1. The first kappa shape index (κ1) is 30.1. The van der Waals surface area contributed by atoms with Crippen molar-refractivity contribution in [1.29, 1.82) is 0 Å². The Kier molecular flexibility index (Phi) is 10.0. The highest BCUT2D eigenvalue weighted by Gasteiger charge is 2.31. The number of nitrogens with one attached hydrogen (secondary N) is 2. The van der Waals surface area contributed by atoms with Crippen molar-refractivity contribution in [1.82, 2.24) is 9.62 Å². The maximum Gasteiger partial charge on any atom is 0.253 e. The molecule has 1 heterocycles. The second kappa shape index (κ2) is 13.6. The number of rotatable bonds is 11. The maximum atomic E-state index is 13.1. The van der Waals surface area contributed by atoms with Crippen LogP contribution in [0, 0.1) is 12.8 Å². The first-order valence-electron chi connectivity index (χ1n) is 13.6. The molecule has 4 rings (SSSR count). The predicted molar refractivity (Wildman–Crippen MR) is 159 cm³/mol. The second-order valence-electron chi connectivity index (χ2n) is 10.1. The van der Waals surface area contributed by atoms with Gasteiger partial charge in [-0.15, -0.1) is 0 Å². The summed E-state index contributed by atoms with van der Waals surface area (Å²) in [4.78, 5) is 26.1. The fourth-order valence-corrected chi connectivity index (χ4v) is 6.60. The van der Waals surface area contributed by atoms with E-state index in [1.807, 2.05) is 49.4 Å². The number of sulfonamides is 1. The van der Waals surface area contributed by atoms with Gasteiger partial charge < -0.3 is 20.1 Å². The number of hydrogen-bond donors (Lipinski definition) is 2. The fraction of sp³-hybridized carbons (Fsp3) is 0.355. The molecule has 1 aliphatic rings. The zero-order valence-electron chi connectivity index (χ0n) is 23.7. The molecule has 2 amide bonds. The molecule has 1 aliphatic heterocycles. The van der Waals surface area contributed by atoms with Crippen LogP contribution in [0.4, 0.5) is 5.69 Å². The van der Waals surface area contributed by atoms with Gasteiger partial charge in [-0.3, -0.25) is 9.59 Å². The summed E-state index contributed by atoms with van der Waals surface area (Å²) in [6.45, 7) is 2.86. The molecular weight excluding hydrogens is 542 g/mol. The average Bonchev–Trinajstić information content (AvgIpc) is 2.98. The number of ether oxygens (including phenoxy) is 2. The molecule has 0 atom stereocenters. The van der Waals surface area contributed by atoms with E-state index in [1.165, 1.54) is 4.31 Å². The Labute approximate surface area is 241 Å². The minimum Gasteiger partial charge on any atom is -0.493 e. The van der Waals surface area contributed by atoms with Gasteiger partial charge in [-0.2, -0.15) is 0 Å². The van der Waals surface area contributed by atoms with Gasteiger partial charge in [0.15, 0.2) is 11.5 Å². The molecule has 10 heteroatoms. The third-order valence-corrected chi connectivity index (χ3v) is 9.22. The van der Waals surface area contributed by atoms with Crippen LogP contribution in [0.25, 0.3) is 0 Å². The van der Waals surface area contributed by atoms with E-state index in [4.69, 9.17) is 9.47 Å². The van der Waals surface area contributed by atoms with Crippen molar-refractivity contribution in [2.75, 3.05) is 39.2 Å². The number of methoxy groups -OCH3 is 2. The Bertz CT molecular complexity index is 1480. The van der Waals surface area contributed by atoms with Crippen LogP contribution in [0.3, 0.4) is 0 Å². The molecule has 1 saturated heterocycles. The second-order valence-corrected chi connectivity index (χ2v) is 12.1. The van der Waals surface area contributed by atoms with Crippen molar-refractivity contribution in [3.05, 3.63) is 89.0 Å². The molecule has 0 aromatic heterocycles. The predicted octanol–water partition coefficient (Wildman–Crippen LogP) is 4.17. The number of anilines is 1. The van der Waals surface area contributed by atoms with E-state index < -0.39 is 10.0 Å². The van der Waals surface area contributed by atoms with Gasteiger partial charge in [-0.05, 0) is 67.1 Å². The van der Waals surface area contributed by atoms with Crippen LogP contribution < -0.4 is 20.1 Å². The summed E-state index contributed by atoms with van der Waals surface area (Å²) in [7, 11) is -0.331. The number of amides is 2. The lowest BCUT2D eigenvalue weighted by Gasteiger charge is -2.30. The SMILES string of the molecule is COc1ccc(CCNC(=O)c2ccccc2NC(=O)C2CCN(S(=O)(=O)Cc3ccccc3C)CC2)cc1OC. The molecule has 3 aromatic carbocycles. The van der Waals surface area contributed by atoms with Crippen LogP contribution in [-0.2, 0) is 27.0 Å². The van der Waals surface area contributed by atoms with Gasteiger partial charge in [0.05, 0.1) is 31.2 Å². The number of carbonyl (C=O) groups is 2. The minimum absolute atomic E-state index is 0.0506. The number of carbonyl (C=O) groups excluding carboxylic acids is 2. The Morgan fingerprint density at radius 1 is 0.927 bits per heavy atom. The van der Waals surface area contributed by atoms with Crippen LogP contribution in [0.5, 0.6) is 11.5 Å². The van der Waals surface area contributed by atoms with Gasteiger partial charge in [0.1, 0.15) is 0 Å². The van der Waals surface area contributed by atoms with E-state index in [0.717, 1.165) is 16.7 Å². The molecule has 218 valence electrons. The number of benzene rings is 3. The Hall–Kier alpha value is -3.89. The smallest absolute Gasteiger partial charge is 0.253 e. The van der Waals surface area contributed by atoms with Crippen LogP contribution in [0.15, 0.2) is 66.7 Å². The molecule has 0 radical (unpaired) electrons. The van der Waals surface area contributed by atoms with E-state index in [0.29, 0.717) is 48.6 Å². The Morgan fingerprint density at radius 2 is 1.61 bits per heavy atom. The van der Waals surface area contributed by atoms with Crippen molar-refractivity contribution in [2.24, 2.45) is 5.92 Å². The van der Waals surface area contributed by atoms with Crippen molar-refractivity contribution < 1.29 is 27.5 Å². The highest BCUT2D eigenvalue weighted by molar-refractivity contribution is 7.88. The number of nitrogens with zero attached hydrogens (tertiary/aromatic N) is 1. The summed E-state index contributed by atoms with van der Waals surface area (Å²) in [6, 6.07) is 19.9.